The lowest BCUT2D eigenvalue weighted by Gasteiger charge is -2.05. The minimum Gasteiger partial charge on any atom is -0.301 e. The Morgan fingerprint density at radius 2 is 0.968 bits per heavy atom. The van der Waals surface area contributed by atoms with Crippen molar-refractivity contribution in [2.24, 2.45) is 0 Å². The van der Waals surface area contributed by atoms with Gasteiger partial charge in [-0.25, -0.2) is 4.98 Å². The standard InChI is InChI=1S/C27H17N3S/c1-4-12-22-18(8-1)19-9-2-5-13-23(19)29(22)25-15-16-26(31-25)30-24-14-6-3-10-20(24)21-11-7-17-28-27(21)30/h1-17H. The summed E-state index contributed by atoms with van der Waals surface area (Å²) in [5.74, 6) is 0. The quantitative estimate of drug-likeness (QED) is 0.290. The van der Waals surface area contributed by atoms with Crippen molar-refractivity contribution in [2.45, 2.75) is 0 Å². The molecule has 3 aromatic carbocycles. The van der Waals surface area contributed by atoms with E-state index in [0.717, 1.165) is 5.65 Å². The van der Waals surface area contributed by atoms with Gasteiger partial charge in [-0.15, -0.1) is 0 Å². The lowest BCUT2D eigenvalue weighted by Crippen LogP contribution is -1.92. The number of para-hydroxylation sites is 3. The fourth-order valence-electron chi connectivity index (χ4n) is 4.74. The molecule has 31 heavy (non-hydrogen) atoms. The van der Waals surface area contributed by atoms with E-state index in [1.807, 2.05) is 12.3 Å². The lowest BCUT2D eigenvalue weighted by atomic mass is 10.2. The number of rotatable bonds is 2. The number of thiophene rings is 1. The molecule has 7 rings (SSSR count). The molecule has 4 aromatic heterocycles. The molecule has 0 bridgehead atoms. The maximum atomic E-state index is 4.73. The highest BCUT2D eigenvalue weighted by Crippen LogP contribution is 2.37. The van der Waals surface area contributed by atoms with Crippen LogP contribution in [0.1, 0.15) is 0 Å². The van der Waals surface area contributed by atoms with Crippen LogP contribution in [0.2, 0.25) is 0 Å². The molecule has 0 atom stereocenters. The minimum atomic E-state index is 0.999. The number of fused-ring (bicyclic) bond motifs is 6. The van der Waals surface area contributed by atoms with Gasteiger partial charge in [0, 0.05) is 27.7 Å². The van der Waals surface area contributed by atoms with Gasteiger partial charge in [0.2, 0.25) is 0 Å². The van der Waals surface area contributed by atoms with Crippen molar-refractivity contribution in [1.29, 1.82) is 0 Å². The highest BCUT2D eigenvalue weighted by molar-refractivity contribution is 7.17. The van der Waals surface area contributed by atoms with E-state index < -0.39 is 0 Å². The molecule has 0 aliphatic rings. The summed E-state index contributed by atoms with van der Waals surface area (Å²) in [6.45, 7) is 0. The van der Waals surface area contributed by atoms with Crippen molar-refractivity contribution in [3.63, 3.8) is 0 Å². The van der Waals surface area contributed by atoms with E-state index in [1.54, 1.807) is 11.3 Å². The molecule has 4 heterocycles. The SMILES string of the molecule is c1ccc2c(c1)c1ccccc1n2-c1ccc(-n2c3ccccc3c3cccnc32)s1. The molecule has 0 amide bonds. The predicted octanol–water partition coefficient (Wildman–Crippen LogP) is 7.34. The maximum Gasteiger partial charge on any atom is 0.146 e. The molecule has 3 nitrogen and oxygen atoms in total. The third-order valence-corrected chi connectivity index (χ3v) is 7.09. The van der Waals surface area contributed by atoms with E-state index in [1.165, 1.54) is 48.1 Å². The zero-order chi connectivity index (χ0) is 20.4. The van der Waals surface area contributed by atoms with Crippen LogP contribution in [0.5, 0.6) is 0 Å². The van der Waals surface area contributed by atoms with Gasteiger partial charge in [-0.2, -0.15) is 0 Å². The smallest absolute Gasteiger partial charge is 0.146 e. The fourth-order valence-corrected chi connectivity index (χ4v) is 5.79. The van der Waals surface area contributed by atoms with E-state index in [9.17, 15) is 0 Å². The van der Waals surface area contributed by atoms with Gasteiger partial charge in [0.05, 0.1) is 16.6 Å². The molecule has 146 valence electrons. The van der Waals surface area contributed by atoms with Crippen LogP contribution >= 0.6 is 11.3 Å². The second-order valence-corrected chi connectivity index (χ2v) is 8.75. The number of nitrogens with zero attached hydrogens (tertiary/aromatic N) is 3. The number of aromatic nitrogens is 3. The number of benzene rings is 3. The summed E-state index contributed by atoms with van der Waals surface area (Å²) in [4.78, 5) is 4.73. The Kier molecular flexibility index (Phi) is 3.43. The van der Waals surface area contributed by atoms with Crippen LogP contribution in [0.4, 0.5) is 0 Å². The van der Waals surface area contributed by atoms with Crippen LogP contribution in [-0.4, -0.2) is 14.1 Å². The van der Waals surface area contributed by atoms with Gasteiger partial charge in [-0.05, 0) is 42.5 Å². The first-order chi connectivity index (χ1) is 15.4. The Bertz CT molecular complexity index is 1510. The molecular formula is C27H17N3S. The number of pyridine rings is 1. The van der Waals surface area contributed by atoms with Crippen molar-refractivity contribution in [1.82, 2.24) is 14.1 Å². The Morgan fingerprint density at radius 3 is 1.61 bits per heavy atom. The Balaban J connectivity index is 1.53. The van der Waals surface area contributed by atoms with Gasteiger partial charge in [0.25, 0.3) is 0 Å². The molecule has 0 fully saturated rings. The molecular weight excluding hydrogens is 398 g/mol. The highest BCUT2D eigenvalue weighted by atomic mass is 32.1. The summed E-state index contributed by atoms with van der Waals surface area (Å²) in [5.41, 5.74) is 4.65. The molecule has 0 unspecified atom stereocenters. The topological polar surface area (TPSA) is 22.8 Å². The van der Waals surface area contributed by atoms with Crippen LogP contribution in [0.15, 0.2) is 103 Å². The third-order valence-electron chi connectivity index (χ3n) is 6.03. The largest absolute Gasteiger partial charge is 0.301 e. The van der Waals surface area contributed by atoms with Gasteiger partial charge in [-0.3, -0.25) is 4.57 Å². The van der Waals surface area contributed by atoms with Gasteiger partial charge >= 0.3 is 0 Å². The van der Waals surface area contributed by atoms with E-state index in [0.29, 0.717) is 0 Å². The first-order valence-electron chi connectivity index (χ1n) is 10.3. The first kappa shape index (κ1) is 16.9. The van der Waals surface area contributed by atoms with E-state index in [2.05, 4.69) is 100 Å². The Morgan fingerprint density at radius 1 is 0.484 bits per heavy atom. The van der Waals surface area contributed by atoms with Crippen molar-refractivity contribution in [3.05, 3.63) is 103 Å². The first-order valence-corrected chi connectivity index (χ1v) is 11.1. The minimum absolute atomic E-state index is 0.999. The van der Waals surface area contributed by atoms with Gasteiger partial charge in [0.1, 0.15) is 15.6 Å². The van der Waals surface area contributed by atoms with Crippen LogP contribution in [-0.2, 0) is 0 Å². The van der Waals surface area contributed by atoms with E-state index in [-0.39, 0.29) is 0 Å². The predicted molar refractivity (Wildman–Crippen MR) is 131 cm³/mol. The summed E-state index contributed by atoms with van der Waals surface area (Å²) < 4.78 is 4.66. The average Bonchev–Trinajstić information content (AvgIpc) is 3.51. The molecule has 7 aromatic rings. The van der Waals surface area contributed by atoms with Crippen LogP contribution in [0, 0.1) is 0 Å². The van der Waals surface area contributed by atoms with Crippen molar-refractivity contribution in [3.8, 4) is 10.0 Å². The van der Waals surface area contributed by atoms with Crippen molar-refractivity contribution >= 4 is 55.1 Å². The Labute approximate surface area is 182 Å². The summed E-state index contributed by atoms with van der Waals surface area (Å²) in [6.07, 6.45) is 1.87. The van der Waals surface area contributed by atoms with Gasteiger partial charge in [0.15, 0.2) is 0 Å². The fraction of sp³-hybridized carbons (Fsp3) is 0. The summed E-state index contributed by atoms with van der Waals surface area (Å²) in [7, 11) is 0. The molecule has 0 radical (unpaired) electrons. The zero-order valence-electron chi connectivity index (χ0n) is 16.6. The second kappa shape index (κ2) is 6.30. The molecule has 0 spiro atoms. The number of hydrogen-bond donors (Lipinski definition) is 0. The van der Waals surface area contributed by atoms with Crippen molar-refractivity contribution < 1.29 is 0 Å². The highest BCUT2D eigenvalue weighted by Gasteiger charge is 2.17. The molecule has 0 saturated carbocycles. The third kappa shape index (κ3) is 2.31. The molecule has 0 aliphatic carbocycles. The second-order valence-electron chi connectivity index (χ2n) is 7.71. The molecule has 0 saturated heterocycles. The molecule has 4 heteroatoms. The van der Waals surface area contributed by atoms with Crippen LogP contribution in [0.3, 0.4) is 0 Å². The van der Waals surface area contributed by atoms with E-state index in [4.69, 9.17) is 4.98 Å². The average molecular weight is 416 g/mol. The molecule has 0 aliphatic heterocycles. The normalized spacial score (nSPS) is 11.9. The summed E-state index contributed by atoms with van der Waals surface area (Å²) in [6, 6.07) is 34.4. The van der Waals surface area contributed by atoms with Crippen LogP contribution < -0.4 is 0 Å². The number of hydrogen-bond acceptors (Lipinski definition) is 2. The summed E-state index contributed by atoms with van der Waals surface area (Å²) in [5, 5.41) is 7.36. The molecule has 0 N–H and O–H groups in total. The Hall–Kier alpha value is -3.89. The summed E-state index contributed by atoms with van der Waals surface area (Å²) >= 11 is 1.79. The van der Waals surface area contributed by atoms with Crippen LogP contribution in [0.25, 0.3) is 53.7 Å². The van der Waals surface area contributed by atoms with Crippen molar-refractivity contribution in [2.75, 3.05) is 0 Å². The lowest BCUT2D eigenvalue weighted by molar-refractivity contribution is 1.17. The zero-order valence-corrected chi connectivity index (χ0v) is 17.4. The maximum absolute atomic E-state index is 4.73. The van der Waals surface area contributed by atoms with Gasteiger partial charge in [-0.1, -0.05) is 65.9 Å². The monoisotopic (exact) mass is 415 g/mol. The van der Waals surface area contributed by atoms with Gasteiger partial charge < -0.3 is 4.57 Å². The van der Waals surface area contributed by atoms with E-state index >= 15 is 0 Å².